The van der Waals surface area contributed by atoms with Crippen molar-refractivity contribution >= 4 is 40.3 Å². The van der Waals surface area contributed by atoms with Gasteiger partial charge in [0.2, 0.25) is 0 Å². The van der Waals surface area contributed by atoms with Crippen molar-refractivity contribution in [1.82, 2.24) is 15.1 Å². The summed E-state index contributed by atoms with van der Waals surface area (Å²) in [5.74, 6) is -0.447. The van der Waals surface area contributed by atoms with E-state index in [0.717, 1.165) is 23.0 Å². The zero-order chi connectivity index (χ0) is 17.7. The lowest BCUT2D eigenvalue weighted by Gasteiger charge is -2.31. The Morgan fingerprint density at radius 3 is 2.72 bits per heavy atom. The Labute approximate surface area is 162 Å². The van der Waals surface area contributed by atoms with Crippen molar-refractivity contribution in [3.63, 3.8) is 0 Å². The molecule has 1 aromatic rings. The van der Waals surface area contributed by atoms with Gasteiger partial charge < -0.3 is 19.9 Å². The molecule has 25 heavy (non-hydrogen) atoms. The highest BCUT2D eigenvalue weighted by Crippen LogP contribution is 2.28. The van der Waals surface area contributed by atoms with Gasteiger partial charge in [-0.05, 0) is 44.8 Å². The molecule has 8 heteroatoms. The van der Waals surface area contributed by atoms with Gasteiger partial charge in [-0.3, -0.25) is 0 Å². The van der Waals surface area contributed by atoms with Gasteiger partial charge in [0.15, 0.2) is 0 Å². The second-order valence-corrected chi connectivity index (χ2v) is 6.78. The number of ether oxygens (including phenoxy) is 1. The molecule has 1 aliphatic heterocycles. The summed E-state index contributed by atoms with van der Waals surface area (Å²) in [7, 11) is 5.30. The van der Waals surface area contributed by atoms with Crippen LogP contribution in [0.15, 0.2) is 40.5 Å². The Bertz CT molecular complexity index is 652. The molecule has 1 unspecified atom stereocenters. The number of benzene rings is 1. The number of hydrogen-bond acceptors (Lipinski definition) is 4. The third-order valence-corrected chi connectivity index (χ3v) is 4.24. The standard InChI is InChI=1S/C17H22BrN3O3.ClH/c1-20(2)8-5-9-21-11-14(16(22)24-3)15(19-17(21)23)12-6-4-7-13(18)10-12;/h4,6-7,10-11,15H,5,8-9H2,1-3H3,(H,19,23);1H. The third kappa shape index (κ3) is 5.73. The molecule has 0 radical (unpaired) electrons. The minimum absolute atomic E-state index is 0. The Morgan fingerprint density at radius 1 is 1.40 bits per heavy atom. The summed E-state index contributed by atoms with van der Waals surface area (Å²) in [4.78, 5) is 28.2. The molecule has 0 saturated heterocycles. The van der Waals surface area contributed by atoms with E-state index in [2.05, 4.69) is 26.1 Å². The number of carbonyl (C=O) groups is 2. The number of carbonyl (C=O) groups excluding carboxylic acids is 2. The van der Waals surface area contributed by atoms with E-state index < -0.39 is 12.0 Å². The maximum Gasteiger partial charge on any atom is 0.337 e. The first kappa shape index (κ1) is 21.5. The fourth-order valence-electron chi connectivity index (χ4n) is 2.55. The van der Waals surface area contributed by atoms with Crippen LogP contribution in [0.5, 0.6) is 0 Å². The van der Waals surface area contributed by atoms with E-state index in [1.165, 1.54) is 12.0 Å². The van der Waals surface area contributed by atoms with Crippen LogP contribution in [0, 0.1) is 0 Å². The molecular formula is C17H23BrClN3O3. The quantitative estimate of drug-likeness (QED) is 0.702. The number of halogens is 2. The monoisotopic (exact) mass is 431 g/mol. The minimum atomic E-state index is -0.521. The molecule has 1 atom stereocenters. The predicted octanol–water partition coefficient (Wildman–Crippen LogP) is 2.95. The van der Waals surface area contributed by atoms with Crippen LogP contribution >= 0.6 is 28.3 Å². The molecule has 138 valence electrons. The van der Waals surface area contributed by atoms with Gasteiger partial charge in [0, 0.05) is 17.2 Å². The largest absolute Gasteiger partial charge is 0.466 e. The van der Waals surface area contributed by atoms with Crippen molar-refractivity contribution in [2.75, 3.05) is 34.3 Å². The lowest BCUT2D eigenvalue weighted by Crippen LogP contribution is -2.46. The Balaban J connectivity index is 0.00000312. The Morgan fingerprint density at radius 2 is 2.12 bits per heavy atom. The van der Waals surface area contributed by atoms with Crippen molar-refractivity contribution in [2.24, 2.45) is 0 Å². The first-order valence-corrected chi connectivity index (χ1v) is 8.49. The van der Waals surface area contributed by atoms with Crippen LogP contribution in [0.4, 0.5) is 4.79 Å². The molecule has 2 rings (SSSR count). The molecule has 0 bridgehead atoms. The van der Waals surface area contributed by atoms with Gasteiger partial charge in [-0.1, -0.05) is 28.1 Å². The average molecular weight is 433 g/mol. The van der Waals surface area contributed by atoms with E-state index in [4.69, 9.17) is 4.74 Å². The van der Waals surface area contributed by atoms with E-state index in [-0.39, 0.29) is 18.4 Å². The highest BCUT2D eigenvalue weighted by Gasteiger charge is 2.32. The van der Waals surface area contributed by atoms with Gasteiger partial charge in [0.1, 0.15) is 0 Å². The molecule has 0 aromatic heterocycles. The zero-order valence-electron chi connectivity index (χ0n) is 14.5. The van der Waals surface area contributed by atoms with Gasteiger partial charge in [-0.2, -0.15) is 0 Å². The second-order valence-electron chi connectivity index (χ2n) is 5.86. The normalized spacial score (nSPS) is 16.8. The fourth-order valence-corrected chi connectivity index (χ4v) is 2.96. The summed E-state index contributed by atoms with van der Waals surface area (Å²) in [5.41, 5.74) is 1.24. The van der Waals surface area contributed by atoms with Crippen molar-refractivity contribution in [1.29, 1.82) is 0 Å². The maximum atomic E-state index is 12.4. The number of hydrogen-bond donors (Lipinski definition) is 1. The lowest BCUT2D eigenvalue weighted by atomic mass is 9.98. The number of rotatable bonds is 6. The van der Waals surface area contributed by atoms with Gasteiger partial charge in [-0.25, -0.2) is 9.59 Å². The van der Waals surface area contributed by atoms with Crippen molar-refractivity contribution in [2.45, 2.75) is 12.5 Å². The lowest BCUT2D eigenvalue weighted by molar-refractivity contribution is -0.136. The first-order valence-electron chi connectivity index (χ1n) is 7.69. The summed E-state index contributed by atoms with van der Waals surface area (Å²) in [6.45, 7) is 1.40. The Hall–Kier alpha value is -1.57. The van der Waals surface area contributed by atoms with Crippen LogP contribution < -0.4 is 5.32 Å². The van der Waals surface area contributed by atoms with E-state index in [1.807, 2.05) is 38.4 Å². The first-order chi connectivity index (χ1) is 11.4. The van der Waals surface area contributed by atoms with Gasteiger partial charge in [0.05, 0.1) is 18.7 Å². The highest BCUT2D eigenvalue weighted by molar-refractivity contribution is 9.10. The minimum Gasteiger partial charge on any atom is -0.466 e. The molecular weight excluding hydrogens is 410 g/mol. The molecule has 1 N–H and O–H groups in total. The van der Waals surface area contributed by atoms with Gasteiger partial charge in [0.25, 0.3) is 0 Å². The third-order valence-electron chi connectivity index (χ3n) is 3.74. The maximum absolute atomic E-state index is 12.4. The van der Waals surface area contributed by atoms with Crippen molar-refractivity contribution in [3.05, 3.63) is 46.1 Å². The molecule has 0 saturated carbocycles. The van der Waals surface area contributed by atoms with Crippen LogP contribution in [0.2, 0.25) is 0 Å². The average Bonchev–Trinajstić information content (AvgIpc) is 2.55. The van der Waals surface area contributed by atoms with Crippen LogP contribution in [0.1, 0.15) is 18.0 Å². The van der Waals surface area contributed by atoms with Crippen LogP contribution in [-0.2, 0) is 9.53 Å². The van der Waals surface area contributed by atoms with E-state index in [9.17, 15) is 9.59 Å². The number of urea groups is 1. The summed E-state index contributed by atoms with van der Waals surface area (Å²) in [5, 5.41) is 2.90. The number of nitrogens with zero attached hydrogens (tertiary/aromatic N) is 2. The number of nitrogens with one attached hydrogen (secondary N) is 1. The van der Waals surface area contributed by atoms with Crippen molar-refractivity contribution < 1.29 is 14.3 Å². The fraction of sp³-hybridized carbons (Fsp3) is 0.412. The molecule has 0 spiro atoms. The van der Waals surface area contributed by atoms with E-state index in [1.54, 1.807) is 6.20 Å². The van der Waals surface area contributed by atoms with Crippen molar-refractivity contribution in [3.8, 4) is 0 Å². The predicted molar refractivity (Wildman–Crippen MR) is 103 cm³/mol. The highest BCUT2D eigenvalue weighted by atomic mass is 79.9. The second kappa shape index (κ2) is 9.79. The zero-order valence-corrected chi connectivity index (χ0v) is 16.9. The van der Waals surface area contributed by atoms with E-state index >= 15 is 0 Å². The summed E-state index contributed by atoms with van der Waals surface area (Å²) >= 11 is 3.41. The van der Waals surface area contributed by atoms with Crippen LogP contribution in [0.25, 0.3) is 0 Å². The molecule has 1 aliphatic rings. The molecule has 1 aromatic carbocycles. The molecule has 2 amide bonds. The van der Waals surface area contributed by atoms with Gasteiger partial charge >= 0.3 is 12.0 Å². The van der Waals surface area contributed by atoms with E-state index in [0.29, 0.717) is 12.1 Å². The van der Waals surface area contributed by atoms with Gasteiger partial charge in [-0.15, -0.1) is 12.4 Å². The topological polar surface area (TPSA) is 61.9 Å². The Kier molecular flexibility index (Phi) is 8.41. The van der Waals surface area contributed by atoms with Crippen LogP contribution in [0.3, 0.4) is 0 Å². The number of amides is 2. The molecule has 6 nitrogen and oxygen atoms in total. The molecule has 1 heterocycles. The van der Waals surface area contributed by atoms with Crippen LogP contribution in [-0.4, -0.2) is 56.1 Å². The molecule has 0 aliphatic carbocycles. The summed E-state index contributed by atoms with van der Waals surface area (Å²) in [6.07, 6.45) is 2.42. The molecule has 0 fully saturated rings. The summed E-state index contributed by atoms with van der Waals surface area (Å²) < 4.78 is 5.77. The number of esters is 1. The SMILES string of the molecule is COC(=O)C1=CN(CCCN(C)C)C(=O)NC1c1cccc(Br)c1.Cl. The number of methoxy groups -OCH3 is 1. The summed E-state index contributed by atoms with van der Waals surface area (Å²) in [6, 6.07) is 6.77. The smallest absolute Gasteiger partial charge is 0.337 e.